The molecule has 6 aromatic rings. The summed E-state index contributed by atoms with van der Waals surface area (Å²) in [4.78, 5) is 71.2. The predicted octanol–water partition coefficient (Wildman–Crippen LogP) is 3.15. The third-order valence-corrected chi connectivity index (χ3v) is 12.1. The number of amides is 4. The molecule has 0 radical (unpaired) electrons. The van der Waals surface area contributed by atoms with Crippen LogP contribution in [0.3, 0.4) is 0 Å². The van der Waals surface area contributed by atoms with Crippen molar-refractivity contribution in [3.63, 3.8) is 0 Å². The lowest BCUT2D eigenvalue weighted by Crippen LogP contribution is -2.52. The van der Waals surface area contributed by atoms with Crippen molar-refractivity contribution >= 4 is 51.7 Å². The van der Waals surface area contributed by atoms with Crippen molar-refractivity contribution < 1.29 is 60.9 Å². The monoisotopic (exact) mass is 1010 g/mol. The smallest absolute Gasteiger partial charge is 0.490 e. The number of rotatable bonds is 16. The van der Waals surface area contributed by atoms with Crippen LogP contribution in [0.25, 0.3) is 22.1 Å². The second kappa shape index (κ2) is 22.1. The van der Waals surface area contributed by atoms with Crippen LogP contribution in [0.5, 0.6) is 11.5 Å². The van der Waals surface area contributed by atoms with Gasteiger partial charge in [0.2, 0.25) is 23.1 Å². The number of carbonyl (C=O) groups excluding carboxylic acids is 4. The van der Waals surface area contributed by atoms with Crippen molar-refractivity contribution in [3.8, 4) is 11.5 Å². The summed E-state index contributed by atoms with van der Waals surface area (Å²) in [6, 6.07) is 9.88. The number of fused-ring (bicyclic) bond motifs is 2. The summed E-state index contributed by atoms with van der Waals surface area (Å²) in [5.41, 5.74) is 16.9. The van der Waals surface area contributed by atoms with E-state index < -0.39 is 35.8 Å². The topological polar surface area (TPSA) is 265 Å². The molecule has 386 valence electrons. The third kappa shape index (κ3) is 11.7. The molecule has 0 bridgehead atoms. The van der Waals surface area contributed by atoms with E-state index in [2.05, 4.69) is 27.2 Å². The first-order valence-corrected chi connectivity index (χ1v) is 22.9. The van der Waals surface area contributed by atoms with E-state index in [-0.39, 0.29) is 35.5 Å². The molecular weight excluding hydrogens is 948 g/mol. The van der Waals surface area contributed by atoms with E-state index in [1.54, 1.807) is 69.0 Å². The number of carbonyl (C=O) groups is 5. The maximum Gasteiger partial charge on any atom is 0.490 e. The molecule has 0 spiro atoms. The number of aliphatic carboxylic acids is 1. The molecule has 5 heterocycles. The summed E-state index contributed by atoms with van der Waals surface area (Å²) >= 11 is 0. The number of nitrogens with two attached hydrogens (primary N) is 2. The quantitative estimate of drug-likeness (QED) is 0.0721. The van der Waals surface area contributed by atoms with Crippen LogP contribution in [-0.4, -0.2) is 137 Å². The number of morpholine rings is 1. The minimum atomic E-state index is -5.08. The Labute approximate surface area is 410 Å². The molecule has 4 aromatic heterocycles. The van der Waals surface area contributed by atoms with Gasteiger partial charge < -0.3 is 53.5 Å². The van der Waals surface area contributed by atoms with Gasteiger partial charge in [0.05, 0.1) is 62.9 Å². The lowest BCUT2D eigenvalue weighted by molar-refractivity contribution is -0.917. The van der Waals surface area contributed by atoms with Gasteiger partial charge in [0.25, 0.3) is 11.8 Å². The highest BCUT2D eigenvalue weighted by molar-refractivity contribution is 6.00. The molecule has 72 heavy (non-hydrogen) atoms. The van der Waals surface area contributed by atoms with E-state index in [0.717, 1.165) is 30.5 Å². The number of quaternary nitrogens is 1. The van der Waals surface area contributed by atoms with Crippen LogP contribution < -0.4 is 32.2 Å². The number of alkyl halides is 3. The number of aromatic nitrogens is 8. The Morgan fingerprint density at radius 1 is 0.778 bits per heavy atom. The molecule has 1 fully saturated rings. The lowest BCUT2D eigenvalue weighted by atomic mass is 10.1. The second-order valence-electron chi connectivity index (χ2n) is 17.2. The van der Waals surface area contributed by atoms with E-state index in [9.17, 15) is 32.3 Å². The predicted molar refractivity (Wildman–Crippen MR) is 255 cm³/mol. The Kier molecular flexibility index (Phi) is 16.4. The summed E-state index contributed by atoms with van der Waals surface area (Å²) in [7, 11) is 7.22. The number of hydrogen-bond donors (Lipinski definition) is 3. The molecular formula is C47H59F3N13O9+. The first-order valence-electron chi connectivity index (χ1n) is 22.9. The van der Waals surface area contributed by atoms with Crippen LogP contribution >= 0.6 is 0 Å². The Hall–Kier alpha value is -7.80. The highest BCUT2D eigenvalue weighted by atomic mass is 19.4. The van der Waals surface area contributed by atoms with Gasteiger partial charge in [-0.2, -0.15) is 33.4 Å². The van der Waals surface area contributed by atoms with Crippen molar-refractivity contribution in [1.82, 2.24) is 37.8 Å². The Balaban J connectivity index is 0.00000113. The molecule has 0 saturated carbocycles. The van der Waals surface area contributed by atoms with Crippen LogP contribution in [0.2, 0.25) is 0 Å². The molecule has 1 saturated heterocycles. The first kappa shape index (κ1) is 53.5. The largest absolute Gasteiger partial charge is 0.494 e. The fourth-order valence-electron chi connectivity index (χ4n) is 8.39. The standard InChI is InChI=1S/C45H57N13O7.C2HF3O2/c1-9-56-34(22-28(3)50-56)42(61)48-44-52(5)32-24-30(40(46)59)26-36(63-8)38(32)54(44)14-11-12-15-55-39-33(53(6)45(55)49-43(62)35-23-29(4)51-57(35)10-2)25-31(41(47)60)27-37(39)65-19-13-16-58(7)17-20-64-21-18-58;3-2(4,5)1(6)7/h11-12,22-27H,9-10,13-21H2,1-8H3,(H3-,46,47,59,60);(H,6,7)/p+1/b12-11+,48-44?,49-45?;. The van der Waals surface area contributed by atoms with Gasteiger partial charge in [0.1, 0.15) is 47.0 Å². The summed E-state index contributed by atoms with van der Waals surface area (Å²) in [6.07, 6.45) is -0.553. The number of ether oxygens (including phenoxy) is 3. The summed E-state index contributed by atoms with van der Waals surface area (Å²) in [6.45, 7) is 13.2. The van der Waals surface area contributed by atoms with Crippen molar-refractivity contribution in [2.24, 2.45) is 35.5 Å². The fourth-order valence-corrected chi connectivity index (χ4v) is 8.39. The van der Waals surface area contributed by atoms with Crippen LogP contribution in [0.15, 0.2) is 58.5 Å². The van der Waals surface area contributed by atoms with Gasteiger partial charge in [-0.05, 0) is 64.1 Å². The van der Waals surface area contributed by atoms with Crippen molar-refractivity contribution in [3.05, 3.63) is 93.7 Å². The van der Waals surface area contributed by atoms with Gasteiger partial charge in [-0.3, -0.25) is 28.5 Å². The molecule has 4 amide bonds. The first-order chi connectivity index (χ1) is 34.0. The minimum Gasteiger partial charge on any atom is -0.494 e. The number of methoxy groups -OCH3 is 1. The number of likely N-dealkylation sites (N-methyl/N-ethyl adjacent to an activating group) is 1. The SMILES string of the molecule is CCn1nc(C)cc1C(=O)N=c1n(C)c2cc(C(N)=O)cc(OC)c2n1C/C=C/Cn1c(=NC(=O)c2cc(C)nn2CC)n(C)c2cc(C(N)=O)cc(OCCC[N+]3(C)CCOCC3)c21.O=C(O)C(F)(F)F. The number of halogens is 3. The van der Waals surface area contributed by atoms with E-state index in [1.165, 1.54) is 7.11 Å². The highest BCUT2D eigenvalue weighted by Crippen LogP contribution is 2.29. The zero-order chi connectivity index (χ0) is 52.8. The molecule has 0 atom stereocenters. The number of nitrogens with zero attached hydrogens (tertiary/aromatic N) is 11. The Bertz CT molecular complexity index is 3230. The average molecular weight is 1010 g/mol. The second-order valence-corrected chi connectivity index (χ2v) is 17.2. The number of allylic oxidation sites excluding steroid dienone is 2. The number of carboxylic acid groups (broad SMARTS) is 1. The van der Waals surface area contributed by atoms with Gasteiger partial charge in [-0.15, -0.1) is 0 Å². The van der Waals surface area contributed by atoms with Gasteiger partial charge in [-0.25, -0.2) is 4.79 Å². The van der Waals surface area contributed by atoms with Crippen molar-refractivity contribution in [1.29, 1.82) is 0 Å². The number of imidazole rings is 2. The van der Waals surface area contributed by atoms with Gasteiger partial charge in [-0.1, -0.05) is 12.2 Å². The molecule has 5 N–H and O–H groups in total. The minimum absolute atomic E-state index is 0.185. The highest BCUT2D eigenvalue weighted by Gasteiger charge is 2.38. The van der Waals surface area contributed by atoms with E-state index in [0.29, 0.717) is 89.3 Å². The normalized spacial score (nSPS) is 14.3. The zero-order valence-electron chi connectivity index (χ0n) is 41.3. The van der Waals surface area contributed by atoms with Gasteiger partial charge in [0, 0.05) is 57.8 Å². The van der Waals surface area contributed by atoms with Crippen LogP contribution in [-0.2, 0) is 49.8 Å². The number of primary amides is 2. The van der Waals surface area contributed by atoms with Crippen LogP contribution in [0.4, 0.5) is 13.2 Å². The third-order valence-electron chi connectivity index (χ3n) is 12.1. The van der Waals surface area contributed by atoms with E-state index >= 15 is 0 Å². The van der Waals surface area contributed by atoms with Gasteiger partial charge in [0.15, 0.2) is 0 Å². The average Bonchev–Trinajstić information content (AvgIpc) is 4.06. The number of aryl methyl sites for hydroxylation is 6. The molecule has 0 aliphatic carbocycles. The molecule has 22 nitrogen and oxygen atoms in total. The van der Waals surface area contributed by atoms with Crippen LogP contribution in [0.1, 0.15) is 73.3 Å². The molecule has 0 unspecified atom stereocenters. The zero-order valence-corrected chi connectivity index (χ0v) is 41.3. The number of benzene rings is 2. The Morgan fingerprint density at radius 2 is 1.21 bits per heavy atom. The van der Waals surface area contributed by atoms with E-state index in [1.807, 2.05) is 49.0 Å². The molecule has 1 aliphatic heterocycles. The van der Waals surface area contributed by atoms with Gasteiger partial charge >= 0.3 is 12.1 Å². The maximum absolute atomic E-state index is 14.0. The van der Waals surface area contributed by atoms with Crippen molar-refractivity contribution in [2.45, 2.75) is 66.5 Å². The number of carboxylic acids is 1. The van der Waals surface area contributed by atoms with Crippen LogP contribution in [0, 0.1) is 13.8 Å². The summed E-state index contributed by atoms with van der Waals surface area (Å²) in [5.74, 6) is -4.27. The summed E-state index contributed by atoms with van der Waals surface area (Å²) in [5, 5.41) is 16.0. The molecule has 25 heteroatoms. The molecule has 1 aliphatic rings. The molecule has 7 rings (SSSR count). The maximum atomic E-state index is 14.0. The Morgan fingerprint density at radius 3 is 1.61 bits per heavy atom. The van der Waals surface area contributed by atoms with Crippen molar-refractivity contribution in [2.75, 3.05) is 53.6 Å². The lowest BCUT2D eigenvalue weighted by Gasteiger charge is -2.37. The number of hydrogen-bond acceptors (Lipinski definition) is 10. The van der Waals surface area contributed by atoms with E-state index in [4.69, 9.17) is 35.6 Å². The fraction of sp³-hybridized carbons (Fsp3) is 0.426. The molecule has 2 aromatic carbocycles. The summed E-state index contributed by atoms with van der Waals surface area (Å²) < 4.78 is 60.8.